The van der Waals surface area contributed by atoms with Gasteiger partial charge in [-0.15, -0.1) is 35.3 Å². The molecule has 0 unspecified atom stereocenters. The molecule has 1 N–H and O–H groups in total. The molecule has 1 saturated heterocycles. The molecular weight excluding hydrogens is 431 g/mol. The smallest absolute Gasteiger partial charge is 0.193 e. The number of aromatic nitrogens is 1. The quantitative estimate of drug-likeness (QED) is 0.308. The molecule has 1 saturated carbocycles. The molecule has 1 spiro atoms. The molecule has 0 radical (unpaired) electrons. The van der Waals surface area contributed by atoms with Crippen molar-refractivity contribution in [1.29, 1.82) is 0 Å². The Morgan fingerprint density at radius 3 is 2.83 bits per heavy atom. The molecular formula is C18H31IN4S. The number of hydrogen-bond donors (Lipinski definition) is 1. The van der Waals surface area contributed by atoms with Crippen molar-refractivity contribution in [3.05, 3.63) is 16.1 Å². The summed E-state index contributed by atoms with van der Waals surface area (Å²) in [6.07, 6.45) is 9.18. The predicted molar refractivity (Wildman–Crippen MR) is 114 cm³/mol. The van der Waals surface area contributed by atoms with Crippen molar-refractivity contribution in [2.75, 3.05) is 26.2 Å². The van der Waals surface area contributed by atoms with E-state index in [4.69, 9.17) is 4.99 Å². The number of hydrogen-bond acceptors (Lipinski definition) is 3. The summed E-state index contributed by atoms with van der Waals surface area (Å²) in [5.41, 5.74) is 1.75. The highest BCUT2D eigenvalue weighted by atomic mass is 127. The van der Waals surface area contributed by atoms with Crippen LogP contribution in [0.15, 0.2) is 10.4 Å². The average Bonchev–Trinajstić information content (AvgIpc) is 3.26. The first-order chi connectivity index (χ1) is 11.2. The van der Waals surface area contributed by atoms with E-state index < -0.39 is 0 Å². The van der Waals surface area contributed by atoms with E-state index in [0.29, 0.717) is 5.41 Å². The van der Waals surface area contributed by atoms with Gasteiger partial charge >= 0.3 is 0 Å². The predicted octanol–water partition coefficient (Wildman–Crippen LogP) is 4.23. The molecule has 0 atom stereocenters. The molecule has 24 heavy (non-hydrogen) atoms. The zero-order valence-corrected chi connectivity index (χ0v) is 18.2. The summed E-state index contributed by atoms with van der Waals surface area (Å²) in [4.78, 5) is 11.9. The summed E-state index contributed by atoms with van der Waals surface area (Å²) < 4.78 is 0. The summed E-state index contributed by atoms with van der Waals surface area (Å²) in [5.74, 6) is 1.13. The molecule has 1 aliphatic heterocycles. The Morgan fingerprint density at radius 1 is 1.38 bits per heavy atom. The van der Waals surface area contributed by atoms with Crippen molar-refractivity contribution in [3.63, 3.8) is 0 Å². The van der Waals surface area contributed by atoms with Crippen LogP contribution in [0.25, 0.3) is 0 Å². The van der Waals surface area contributed by atoms with E-state index in [-0.39, 0.29) is 24.0 Å². The van der Waals surface area contributed by atoms with Crippen molar-refractivity contribution in [2.45, 2.75) is 58.8 Å². The Bertz CT molecular complexity index is 537. The third-order valence-electron chi connectivity index (χ3n) is 5.21. The third kappa shape index (κ3) is 5.07. The minimum Gasteiger partial charge on any atom is -0.357 e. The van der Waals surface area contributed by atoms with Crippen molar-refractivity contribution in [1.82, 2.24) is 15.2 Å². The van der Waals surface area contributed by atoms with Gasteiger partial charge in [-0.1, -0.05) is 12.8 Å². The molecule has 2 aliphatic rings. The Morgan fingerprint density at radius 2 is 2.17 bits per heavy atom. The molecule has 3 rings (SSSR count). The fourth-order valence-electron chi connectivity index (χ4n) is 4.01. The maximum Gasteiger partial charge on any atom is 0.193 e. The fraction of sp³-hybridized carbons (Fsp3) is 0.778. The van der Waals surface area contributed by atoms with Gasteiger partial charge in [-0.3, -0.25) is 4.99 Å². The number of aliphatic imine (C=N–C) groups is 1. The standard InChI is InChI=1S/C18H30N4S.HI/c1-3-19-17(20-11-6-7-16-21-15(2)13-23-16)22-12-10-18(14-22)8-4-5-9-18;/h13H,3-12,14H2,1-2H3,(H,19,20);1H. The maximum absolute atomic E-state index is 4.88. The van der Waals surface area contributed by atoms with Crippen LogP contribution in [-0.4, -0.2) is 42.0 Å². The largest absolute Gasteiger partial charge is 0.357 e. The van der Waals surface area contributed by atoms with Gasteiger partial charge in [0.2, 0.25) is 0 Å². The summed E-state index contributed by atoms with van der Waals surface area (Å²) in [6.45, 7) is 8.46. The first-order valence-corrected chi connectivity index (χ1v) is 10.0. The molecule has 2 fully saturated rings. The van der Waals surface area contributed by atoms with E-state index in [1.165, 1.54) is 50.2 Å². The first-order valence-electron chi connectivity index (χ1n) is 9.15. The van der Waals surface area contributed by atoms with E-state index >= 15 is 0 Å². The number of aryl methyl sites for hydroxylation is 2. The van der Waals surface area contributed by atoms with E-state index in [9.17, 15) is 0 Å². The number of nitrogens with zero attached hydrogens (tertiary/aromatic N) is 3. The lowest BCUT2D eigenvalue weighted by Gasteiger charge is -2.26. The Balaban J connectivity index is 0.00000208. The van der Waals surface area contributed by atoms with Gasteiger partial charge < -0.3 is 10.2 Å². The van der Waals surface area contributed by atoms with E-state index in [2.05, 4.69) is 34.4 Å². The highest BCUT2D eigenvalue weighted by Crippen LogP contribution is 2.45. The second kappa shape index (κ2) is 9.36. The van der Waals surface area contributed by atoms with Crippen molar-refractivity contribution >= 4 is 41.3 Å². The van der Waals surface area contributed by atoms with Gasteiger partial charge in [0.15, 0.2) is 5.96 Å². The molecule has 1 aliphatic carbocycles. The van der Waals surface area contributed by atoms with Gasteiger partial charge in [-0.25, -0.2) is 4.98 Å². The monoisotopic (exact) mass is 462 g/mol. The maximum atomic E-state index is 4.88. The summed E-state index contributed by atoms with van der Waals surface area (Å²) in [7, 11) is 0. The fourth-order valence-corrected chi connectivity index (χ4v) is 4.83. The van der Waals surface area contributed by atoms with Crippen LogP contribution in [0.4, 0.5) is 0 Å². The van der Waals surface area contributed by atoms with Crippen LogP contribution < -0.4 is 5.32 Å². The van der Waals surface area contributed by atoms with E-state index in [0.717, 1.165) is 37.6 Å². The highest BCUT2D eigenvalue weighted by molar-refractivity contribution is 14.0. The molecule has 136 valence electrons. The minimum absolute atomic E-state index is 0. The average molecular weight is 462 g/mol. The van der Waals surface area contributed by atoms with Crippen LogP contribution in [0.3, 0.4) is 0 Å². The Labute approximate surface area is 167 Å². The summed E-state index contributed by atoms with van der Waals surface area (Å²) in [6, 6.07) is 0. The second-order valence-electron chi connectivity index (χ2n) is 7.10. The topological polar surface area (TPSA) is 40.5 Å². The Hall–Kier alpha value is -0.370. The third-order valence-corrected chi connectivity index (χ3v) is 6.24. The zero-order valence-electron chi connectivity index (χ0n) is 15.0. The van der Waals surface area contributed by atoms with Crippen LogP contribution in [0.5, 0.6) is 0 Å². The molecule has 1 aromatic rings. The van der Waals surface area contributed by atoms with E-state index in [1.54, 1.807) is 11.3 Å². The van der Waals surface area contributed by atoms with Gasteiger partial charge in [-0.2, -0.15) is 0 Å². The summed E-state index contributed by atoms with van der Waals surface area (Å²) in [5, 5.41) is 6.87. The van der Waals surface area contributed by atoms with Crippen molar-refractivity contribution in [2.24, 2.45) is 10.4 Å². The number of nitrogens with one attached hydrogen (secondary N) is 1. The number of thiazole rings is 1. The molecule has 2 heterocycles. The number of likely N-dealkylation sites (tertiary alicyclic amines) is 1. The van der Waals surface area contributed by atoms with Crippen LogP contribution in [0, 0.1) is 12.3 Å². The molecule has 6 heteroatoms. The lowest BCUT2D eigenvalue weighted by atomic mass is 9.86. The van der Waals surface area contributed by atoms with Crippen molar-refractivity contribution < 1.29 is 0 Å². The van der Waals surface area contributed by atoms with E-state index in [1.807, 2.05) is 0 Å². The normalized spacial score (nSPS) is 19.8. The number of rotatable bonds is 5. The number of halogens is 1. The van der Waals surface area contributed by atoms with Crippen molar-refractivity contribution in [3.8, 4) is 0 Å². The van der Waals surface area contributed by atoms with Crippen LogP contribution >= 0.6 is 35.3 Å². The number of guanidine groups is 1. The summed E-state index contributed by atoms with van der Waals surface area (Å²) >= 11 is 1.77. The molecule has 0 amide bonds. The lowest BCUT2D eigenvalue weighted by molar-refractivity contribution is 0.309. The van der Waals surface area contributed by atoms with Crippen LogP contribution in [0.2, 0.25) is 0 Å². The minimum atomic E-state index is 0. The zero-order chi connectivity index (χ0) is 16.1. The van der Waals surface area contributed by atoms with Gasteiger partial charge in [0.1, 0.15) is 0 Å². The van der Waals surface area contributed by atoms with Gasteiger partial charge in [0, 0.05) is 43.7 Å². The molecule has 0 bridgehead atoms. The highest BCUT2D eigenvalue weighted by Gasteiger charge is 2.40. The SMILES string of the molecule is CCNC(=NCCCc1nc(C)cs1)N1CCC2(CCCC2)C1.I. The molecule has 4 nitrogen and oxygen atoms in total. The molecule has 1 aromatic heterocycles. The van der Waals surface area contributed by atoms with Gasteiger partial charge in [-0.05, 0) is 44.9 Å². The van der Waals surface area contributed by atoms with Gasteiger partial charge in [0.25, 0.3) is 0 Å². The lowest BCUT2D eigenvalue weighted by Crippen LogP contribution is -2.41. The second-order valence-corrected chi connectivity index (χ2v) is 8.04. The van der Waals surface area contributed by atoms with Crippen LogP contribution in [0.1, 0.15) is 56.2 Å². The molecule has 0 aromatic carbocycles. The first kappa shape index (κ1) is 19.9. The Kier molecular flexibility index (Phi) is 7.78. The van der Waals surface area contributed by atoms with Crippen LogP contribution in [-0.2, 0) is 6.42 Å². The van der Waals surface area contributed by atoms with Gasteiger partial charge in [0.05, 0.1) is 5.01 Å².